The molecule has 1 rings (SSSR count). The van der Waals surface area contributed by atoms with E-state index in [2.05, 4.69) is 0 Å². The average Bonchev–Trinajstić information content (AvgIpc) is 2.19. The Morgan fingerprint density at radius 3 is 2.54 bits per heavy atom. The van der Waals surface area contributed by atoms with Crippen LogP contribution in [0.25, 0.3) is 0 Å². The molecule has 13 heavy (non-hydrogen) atoms. The Hall–Kier alpha value is -1.15. The molecule has 0 radical (unpaired) electrons. The highest BCUT2D eigenvalue weighted by molar-refractivity contribution is 5.74. The van der Waals surface area contributed by atoms with Crippen molar-refractivity contribution in [1.82, 2.24) is 0 Å². The van der Waals surface area contributed by atoms with Crippen LogP contribution in [0, 0.1) is 0 Å². The summed E-state index contributed by atoms with van der Waals surface area (Å²) in [6.07, 6.45) is 1.76. The third-order valence-corrected chi connectivity index (χ3v) is 1.86. The number of benzene rings is 1. The Balaban J connectivity index is 2.44. The van der Waals surface area contributed by atoms with E-state index < -0.39 is 0 Å². The van der Waals surface area contributed by atoms with Gasteiger partial charge in [0, 0.05) is 12.2 Å². The highest BCUT2D eigenvalue weighted by Crippen LogP contribution is 2.03. The number of hydrogen-bond donors (Lipinski definition) is 0. The summed E-state index contributed by atoms with van der Waals surface area (Å²) in [6.45, 7) is 3.48. The van der Waals surface area contributed by atoms with Crippen molar-refractivity contribution in [1.29, 1.82) is 0 Å². The molecule has 0 saturated carbocycles. The van der Waals surface area contributed by atoms with Gasteiger partial charge in [-0.3, -0.25) is 4.79 Å². The monoisotopic (exact) mass is 178 g/mol. The summed E-state index contributed by atoms with van der Waals surface area (Å²) in [5.41, 5.74) is 1.93. The summed E-state index contributed by atoms with van der Waals surface area (Å²) < 4.78 is 5.22. The van der Waals surface area contributed by atoms with Gasteiger partial charge in [-0.2, -0.15) is 0 Å². The van der Waals surface area contributed by atoms with Crippen molar-refractivity contribution in [2.24, 2.45) is 0 Å². The largest absolute Gasteiger partial charge is 0.381 e. The number of carbonyl (C=O) groups excluding carboxylic acids is 1. The third kappa shape index (κ3) is 3.38. The second-order valence-corrected chi connectivity index (χ2v) is 2.81. The molecule has 0 aliphatic heterocycles. The van der Waals surface area contributed by atoms with E-state index in [0.717, 1.165) is 31.5 Å². The molecule has 0 atom stereocenters. The van der Waals surface area contributed by atoms with Crippen molar-refractivity contribution < 1.29 is 9.53 Å². The molecule has 1 aromatic carbocycles. The standard InChI is InChI=1S/C11H14O2/c1-2-13-8-7-10-3-5-11(9-12)6-4-10/h3-6,9H,2,7-8H2,1H3. The zero-order valence-corrected chi connectivity index (χ0v) is 7.82. The van der Waals surface area contributed by atoms with Gasteiger partial charge < -0.3 is 4.74 Å². The lowest BCUT2D eigenvalue weighted by atomic mass is 10.1. The summed E-state index contributed by atoms with van der Waals surface area (Å²) in [5, 5.41) is 0. The van der Waals surface area contributed by atoms with Crippen molar-refractivity contribution in [3.8, 4) is 0 Å². The van der Waals surface area contributed by atoms with Crippen LogP contribution in [-0.4, -0.2) is 19.5 Å². The quantitative estimate of drug-likeness (QED) is 0.509. The molecule has 0 aliphatic carbocycles. The topological polar surface area (TPSA) is 26.3 Å². The molecule has 0 fully saturated rings. The van der Waals surface area contributed by atoms with E-state index in [1.165, 1.54) is 5.56 Å². The van der Waals surface area contributed by atoms with Crippen LogP contribution < -0.4 is 0 Å². The fourth-order valence-electron chi connectivity index (χ4n) is 1.10. The summed E-state index contributed by atoms with van der Waals surface area (Å²) in [6, 6.07) is 7.58. The number of ether oxygens (including phenoxy) is 1. The van der Waals surface area contributed by atoms with E-state index in [9.17, 15) is 4.79 Å². The Bertz CT molecular complexity index is 251. The van der Waals surface area contributed by atoms with Gasteiger partial charge >= 0.3 is 0 Å². The molecule has 0 spiro atoms. The maximum atomic E-state index is 10.4. The molecule has 2 heteroatoms. The van der Waals surface area contributed by atoms with E-state index in [4.69, 9.17) is 4.74 Å². The minimum atomic E-state index is 0.722. The Labute approximate surface area is 78.5 Å². The molecule has 0 N–H and O–H groups in total. The van der Waals surface area contributed by atoms with Crippen LogP contribution in [0.5, 0.6) is 0 Å². The molecule has 0 heterocycles. The van der Waals surface area contributed by atoms with E-state index in [1.54, 1.807) is 0 Å². The second kappa shape index (κ2) is 5.49. The second-order valence-electron chi connectivity index (χ2n) is 2.81. The molecule has 0 aromatic heterocycles. The highest BCUT2D eigenvalue weighted by atomic mass is 16.5. The molecular formula is C11H14O2. The van der Waals surface area contributed by atoms with Gasteiger partial charge in [0.2, 0.25) is 0 Å². The average molecular weight is 178 g/mol. The predicted molar refractivity (Wildman–Crippen MR) is 52.0 cm³/mol. The fraction of sp³-hybridized carbons (Fsp3) is 0.364. The van der Waals surface area contributed by atoms with Gasteiger partial charge in [-0.25, -0.2) is 0 Å². The zero-order chi connectivity index (χ0) is 9.52. The molecule has 0 amide bonds. The first kappa shape index (κ1) is 9.93. The first-order valence-corrected chi connectivity index (χ1v) is 4.48. The molecule has 0 unspecified atom stereocenters. The molecule has 0 aliphatic rings. The van der Waals surface area contributed by atoms with Crippen LogP contribution in [-0.2, 0) is 11.2 Å². The van der Waals surface area contributed by atoms with Gasteiger partial charge in [0.05, 0.1) is 6.61 Å². The van der Waals surface area contributed by atoms with Crippen LogP contribution in [0.4, 0.5) is 0 Å². The smallest absolute Gasteiger partial charge is 0.150 e. The van der Waals surface area contributed by atoms with Gasteiger partial charge in [0.15, 0.2) is 0 Å². The number of hydrogen-bond acceptors (Lipinski definition) is 2. The van der Waals surface area contributed by atoms with Crippen LogP contribution in [0.2, 0.25) is 0 Å². The van der Waals surface area contributed by atoms with Gasteiger partial charge in [0.25, 0.3) is 0 Å². The maximum absolute atomic E-state index is 10.4. The summed E-state index contributed by atoms with van der Waals surface area (Å²) >= 11 is 0. The van der Waals surface area contributed by atoms with Crippen LogP contribution in [0.3, 0.4) is 0 Å². The van der Waals surface area contributed by atoms with Crippen molar-refractivity contribution in [3.63, 3.8) is 0 Å². The molecule has 2 nitrogen and oxygen atoms in total. The van der Waals surface area contributed by atoms with Gasteiger partial charge in [-0.05, 0) is 18.9 Å². The van der Waals surface area contributed by atoms with Crippen molar-refractivity contribution >= 4 is 6.29 Å². The first-order valence-electron chi connectivity index (χ1n) is 4.48. The maximum Gasteiger partial charge on any atom is 0.150 e. The van der Waals surface area contributed by atoms with E-state index in [1.807, 2.05) is 31.2 Å². The highest BCUT2D eigenvalue weighted by Gasteiger charge is 1.93. The molecule has 0 saturated heterocycles. The lowest BCUT2D eigenvalue weighted by Crippen LogP contribution is -1.97. The van der Waals surface area contributed by atoms with E-state index in [0.29, 0.717) is 0 Å². The van der Waals surface area contributed by atoms with E-state index >= 15 is 0 Å². The number of carbonyl (C=O) groups is 1. The fourth-order valence-corrected chi connectivity index (χ4v) is 1.10. The minimum absolute atomic E-state index is 0.722. The Morgan fingerprint density at radius 1 is 1.31 bits per heavy atom. The third-order valence-electron chi connectivity index (χ3n) is 1.86. The van der Waals surface area contributed by atoms with Gasteiger partial charge in [-0.1, -0.05) is 24.3 Å². The summed E-state index contributed by atoms with van der Waals surface area (Å²) in [5.74, 6) is 0. The Morgan fingerprint density at radius 2 is 2.00 bits per heavy atom. The Kier molecular flexibility index (Phi) is 4.19. The van der Waals surface area contributed by atoms with E-state index in [-0.39, 0.29) is 0 Å². The predicted octanol–water partition coefficient (Wildman–Crippen LogP) is 2.08. The van der Waals surface area contributed by atoms with Crippen LogP contribution >= 0.6 is 0 Å². The van der Waals surface area contributed by atoms with Crippen molar-refractivity contribution in [3.05, 3.63) is 35.4 Å². The van der Waals surface area contributed by atoms with Crippen molar-refractivity contribution in [2.45, 2.75) is 13.3 Å². The van der Waals surface area contributed by atoms with Gasteiger partial charge in [0.1, 0.15) is 6.29 Å². The van der Waals surface area contributed by atoms with Crippen LogP contribution in [0.1, 0.15) is 22.8 Å². The molecule has 70 valence electrons. The van der Waals surface area contributed by atoms with Crippen molar-refractivity contribution in [2.75, 3.05) is 13.2 Å². The van der Waals surface area contributed by atoms with Crippen LogP contribution in [0.15, 0.2) is 24.3 Å². The summed E-state index contributed by atoms with van der Waals surface area (Å²) in [4.78, 5) is 10.4. The molecular weight excluding hydrogens is 164 g/mol. The summed E-state index contributed by atoms with van der Waals surface area (Å²) in [7, 11) is 0. The number of rotatable bonds is 5. The zero-order valence-electron chi connectivity index (χ0n) is 7.82. The number of aldehydes is 1. The normalized spacial score (nSPS) is 9.92. The minimum Gasteiger partial charge on any atom is -0.381 e. The SMILES string of the molecule is CCOCCc1ccc(C=O)cc1. The molecule has 1 aromatic rings. The lowest BCUT2D eigenvalue weighted by Gasteiger charge is -2.01. The van der Waals surface area contributed by atoms with Gasteiger partial charge in [-0.15, -0.1) is 0 Å². The first-order chi connectivity index (χ1) is 6.36. The molecule has 0 bridgehead atoms. The lowest BCUT2D eigenvalue weighted by molar-refractivity contribution is 0.112.